The molecule has 3 rings (SSSR count). The van der Waals surface area contributed by atoms with Gasteiger partial charge in [0.15, 0.2) is 6.61 Å². The molecule has 29 heavy (non-hydrogen) atoms. The Kier molecular flexibility index (Phi) is 5.77. The number of carbonyl (C=O) groups is 2. The van der Waals surface area contributed by atoms with Gasteiger partial charge in [-0.3, -0.25) is 19.7 Å². The maximum Gasteiger partial charge on any atom is 0.310 e. The fourth-order valence-electron chi connectivity index (χ4n) is 2.76. The molecular formula is C20H18N2O7. The molecule has 1 aromatic heterocycles. The molecule has 0 atom stereocenters. The van der Waals surface area contributed by atoms with E-state index in [1.807, 2.05) is 25.1 Å². The average Bonchev–Trinajstić information content (AvgIpc) is 3.08. The zero-order valence-electron chi connectivity index (χ0n) is 15.8. The Morgan fingerprint density at radius 2 is 2.00 bits per heavy atom. The number of hydrogen-bond acceptors (Lipinski definition) is 7. The number of nitro benzene ring substituents is 1. The Balaban J connectivity index is 1.59. The van der Waals surface area contributed by atoms with Crippen molar-refractivity contribution in [1.29, 1.82) is 0 Å². The monoisotopic (exact) mass is 398 g/mol. The molecule has 0 spiro atoms. The van der Waals surface area contributed by atoms with Crippen molar-refractivity contribution < 1.29 is 28.4 Å². The number of benzene rings is 2. The highest BCUT2D eigenvalue weighted by Crippen LogP contribution is 2.29. The van der Waals surface area contributed by atoms with Crippen LogP contribution in [0.1, 0.15) is 11.1 Å². The van der Waals surface area contributed by atoms with E-state index in [1.165, 1.54) is 31.6 Å². The van der Waals surface area contributed by atoms with E-state index in [0.29, 0.717) is 11.1 Å². The van der Waals surface area contributed by atoms with Gasteiger partial charge in [-0.25, -0.2) is 0 Å². The van der Waals surface area contributed by atoms with E-state index >= 15 is 0 Å². The summed E-state index contributed by atoms with van der Waals surface area (Å²) in [6.07, 6.45) is 1.41. The summed E-state index contributed by atoms with van der Waals surface area (Å²) >= 11 is 0. The molecule has 0 radical (unpaired) electrons. The van der Waals surface area contributed by atoms with Crippen LogP contribution in [0.5, 0.6) is 5.75 Å². The number of aryl methyl sites for hydroxylation is 1. The molecule has 0 aliphatic heterocycles. The van der Waals surface area contributed by atoms with Gasteiger partial charge in [-0.15, -0.1) is 0 Å². The van der Waals surface area contributed by atoms with Gasteiger partial charge in [0.2, 0.25) is 0 Å². The lowest BCUT2D eigenvalue weighted by atomic mass is 10.1. The van der Waals surface area contributed by atoms with Crippen molar-refractivity contribution >= 4 is 34.2 Å². The van der Waals surface area contributed by atoms with Gasteiger partial charge >= 0.3 is 5.97 Å². The molecule has 3 aromatic rings. The molecule has 1 amide bonds. The molecule has 1 heterocycles. The van der Waals surface area contributed by atoms with Gasteiger partial charge < -0.3 is 19.2 Å². The molecule has 0 aliphatic rings. The van der Waals surface area contributed by atoms with Crippen LogP contribution in [0.15, 0.2) is 47.1 Å². The van der Waals surface area contributed by atoms with Crippen LogP contribution >= 0.6 is 0 Å². The number of nitro groups is 1. The Morgan fingerprint density at radius 3 is 2.72 bits per heavy atom. The Bertz CT molecular complexity index is 1090. The number of methoxy groups -OCH3 is 1. The van der Waals surface area contributed by atoms with Gasteiger partial charge in [0.25, 0.3) is 11.6 Å². The molecule has 0 fully saturated rings. The Labute approximate surface area is 165 Å². The normalized spacial score (nSPS) is 10.6. The van der Waals surface area contributed by atoms with Crippen LogP contribution in [0.25, 0.3) is 11.0 Å². The standard InChI is InChI=1S/C20H18N2O7/c1-12-3-5-15-13(10-28-18(15)7-12)8-20(24)29-11-19(23)21-16-6-4-14(27-2)9-17(16)22(25)26/h3-7,9-10H,8,11H2,1-2H3,(H,21,23). The first-order valence-corrected chi connectivity index (χ1v) is 8.62. The number of hydrogen-bond donors (Lipinski definition) is 1. The Hall–Kier alpha value is -3.88. The first-order chi connectivity index (χ1) is 13.9. The highest BCUT2D eigenvalue weighted by Gasteiger charge is 2.18. The SMILES string of the molecule is COc1ccc(NC(=O)COC(=O)Cc2coc3cc(C)ccc23)c([N+](=O)[O-])c1. The predicted molar refractivity (Wildman–Crippen MR) is 104 cm³/mol. The van der Waals surface area contributed by atoms with Gasteiger partial charge in [-0.05, 0) is 30.7 Å². The lowest BCUT2D eigenvalue weighted by Gasteiger charge is -2.08. The third-order valence-electron chi connectivity index (χ3n) is 4.19. The average molecular weight is 398 g/mol. The summed E-state index contributed by atoms with van der Waals surface area (Å²) in [5.74, 6) is -1.03. The molecule has 0 saturated carbocycles. The van der Waals surface area contributed by atoms with Crippen molar-refractivity contribution in [3.05, 3.63) is 63.9 Å². The van der Waals surface area contributed by atoms with E-state index in [1.54, 1.807) is 0 Å². The van der Waals surface area contributed by atoms with Gasteiger partial charge in [-0.2, -0.15) is 0 Å². The number of carbonyl (C=O) groups excluding carboxylic acids is 2. The number of nitrogens with one attached hydrogen (secondary N) is 1. The van der Waals surface area contributed by atoms with Crippen LogP contribution in [0.2, 0.25) is 0 Å². The highest BCUT2D eigenvalue weighted by atomic mass is 16.6. The van der Waals surface area contributed by atoms with E-state index in [2.05, 4.69) is 5.32 Å². The van der Waals surface area contributed by atoms with E-state index in [-0.39, 0.29) is 23.5 Å². The van der Waals surface area contributed by atoms with Gasteiger partial charge in [-0.1, -0.05) is 12.1 Å². The minimum Gasteiger partial charge on any atom is -0.496 e. The van der Waals surface area contributed by atoms with Crippen molar-refractivity contribution in [3.8, 4) is 5.75 Å². The summed E-state index contributed by atoms with van der Waals surface area (Å²) in [4.78, 5) is 34.6. The number of amides is 1. The summed E-state index contributed by atoms with van der Waals surface area (Å²) in [7, 11) is 1.38. The number of furan rings is 1. The van der Waals surface area contributed by atoms with Crippen molar-refractivity contribution in [2.24, 2.45) is 0 Å². The topological polar surface area (TPSA) is 121 Å². The molecule has 0 saturated heterocycles. The van der Waals surface area contributed by atoms with Crippen molar-refractivity contribution in [3.63, 3.8) is 0 Å². The summed E-state index contributed by atoms with van der Waals surface area (Å²) in [5.41, 5.74) is 2.00. The van der Waals surface area contributed by atoms with E-state index < -0.39 is 23.4 Å². The fourth-order valence-corrected chi connectivity index (χ4v) is 2.76. The second-order valence-electron chi connectivity index (χ2n) is 6.29. The molecule has 150 valence electrons. The second kappa shape index (κ2) is 8.42. The number of rotatable bonds is 7. The number of anilines is 1. The van der Waals surface area contributed by atoms with Crippen LogP contribution < -0.4 is 10.1 Å². The number of nitrogens with zero attached hydrogens (tertiary/aromatic N) is 1. The zero-order chi connectivity index (χ0) is 21.0. The molecule has 2 aromatic carbocycles. The number of fused-ring (bicyclic) bond motifs is 1. The van der Waals surface area contributed by atoms with Crippen LogP contribution in [-0.2, 0) is 20.7 Å². The highest BCUT2D eigenvalue weighted by molar-refractivity contribution is 5.95. The number of esters is 1. The quantitative estimate of drug-likeness (QED) is 0.368. The largest absolute Gasteiger partial charge is 0.496 e. The molecule has 1 N–H and O–H groups in total. The molecular weight excluding hydrogens is 380 g/mol. The predicted octanol–water partition coefficient (Wildman–Crippen LogP) is 3.38. The van der Waals surface area contributed by atoms with Crippen LogP contribution in [0.3, 0.4) is 0 Å². The van der Waals surface area contributed by atoms with Crippen molar-refractivity contribution in [2.45, 2.75) is 13.3 Å². The number of ether oxygens (including phenoxy) is 2. The first kappa shape index (κ1) is 19.9. The smallest absolute Gasteiger partial charge is 0.310 e. The van der Waals surface area contributed by atoms with Gasteiger partial charge in [0.05, 0.1) is 30.8 Å². The summed E-state index contributed by atoms with van der Waals surface area (Å²) in [5, 5.41) is 14.3. The van der Waals surface area contributed by atoms with E-state index in [9.17, 15) is 19.7 Å². The lowest BCUT2D eigenvalue weighted by molar-refractivity contribution is -0.384. The molecule has 0 bridgehead atoms. The first-order valence-electron chi connectivity index (χ1n) is 8.62. The maximum atomic E-state index is 12.1. The summed E-state index contributed by atoms with van der Waals surface area (Å²) < 4.78 is 15.3. The second-order valence-corrected chi connectivity index (χ2v) is 6.29. The van der Waals surface area contributed by atoms with Crippen molar-refractivity contribution in [2.75, 3.05) is 19.0 Å². The van der Waals surface area contributed by atoms with Crippen LogP contribution in [0, 0.1) is 17.0 Å². The van der Waals surface area contributed by atoms with E-state index in [0.717, 1.165) is 10.9 Å². The minimum atomic E-state index is -0.695. The fraction of sp³-hybridized carbons (Fsp3) is 0.200. The lowest BCUT2D eigenvalue weighted by Crippen LogP contribution is -2.22. The summed E-state index contributed by atoms with van der Waals surface area (Å²) in [6, 6.07) is 9.62. The minimum absolute atomic E-state index is 0.0203. The molecule has 9 heteroatoms. The van der Waals surface area contributed by atoms with Gasteiger partial charge in [0.1, 0.15) is 17.0 Å². The third kappa shape index (κ3) is 4.70. The molecule has 0 unspecified atom stereocenters. The molecule has 0 aliphatic carbocycles. The summed E-state index contributed by atoms with van der Waals surface area (Å²) in [6.45, 7) is 1.36. The van der Waals surface area contributed by atoms with Crippen molar-refractivity contribution in [1.82, 2.24) is 0 Å². The van der Waals surface area contributed by atoms with E-state index in [4.69, 9.17) is 13.9 Å². The maximum absolute atomic E-state index is 12.1. The van der Waals surface area contributed by atoms with Gasteiger partial charge in [0, 0.05) is 10.9 Å². The van der Waals surface area contributed by atoms with Crippen LogP contribution in [-0.4, -0.2) is 30.5 Å². The van der Waals surface area contributed by atoms with Crippen LogP contribution in [0.4, 0.5) is 11.4 Å². The Morgan fingerprint density at radius 1 is 1.21 bits per heavy atom. The molecule has 9 nitrogen and oxygen atoms in total. The zero-order valence-corrected chi connectivity index (χ0v) is 15.8. The third-order valence-corrected chi connectivity index (χ3v) is 4.19.